The van der Waals surface area contributed by atoms with Gasteiger partial charge >= 0.3 is 11.9 Å². The lowest BCUT2D eigenvalue weighted by Crippen LogP contribution is -2.36. The molecule has 0 aliphatic carbocycles. The van der Waals surface area contributed by atoms with Crippen LogP contribution in [0.3, 0.4) is 0 Å². The number of carbonyl (C=O) groups is 6. The summed E-state index contributed by atoms with van der Waals surface area (Å²) < 4.78 is 56.0. The van der Waals surface area contributed by atoms with Crippen LogP contribution >= 0.6 is 23.2 Å². The normalized spacial score (nSPS) is 11.5. The number of nitrogens with zero attached hydrogens (tertiary/aromatic N) is 8. The number of aromatic nitrogens is 6. The van der Waals surface area contributed by atoms with Crippen LogP contribution in [0, 0.1) is 0 Å². The summed E-state index contributed by atoms with van der Waals surface area (Å²) in [5.41, 5.74) is 20.7. The van der Waals surface area contributed by atoms with Crippen molar-refractivity contribution >= 4 is 125 Å². The Labute approximate surface area is 441 Å². The number of hydrogen-bond donors (Lipinski definition) is 10. The van der Waals surface area contributed by atoms with E-state index in [0.717, 1.165) is 8.61 Å². The van der Waals surface area contributed by atoms with Crippen LogP contribution in [0.4, 0.5) is 46.5 Å². The molecular formula is C44H44Cl2N16O12S2. The highest BCUT2D eigenvalue weighted by Crippen LogP contribution is 2.34. The van der Waals surface area contributed by atoms with Crippen molar-refractivity contribution < 1.29 is 55.8 Å². The Bertz CT molecular complexity index is 3230. The van der Waals surface area contributed by atoms with Gasteiger partial charge in [0.1, 0.15) is 0 Å². The second kappa shape index (κ2) is 24.6. The average Bonchev–Trinajstić information content (AvgIpc) is 3.33. The van der Waals surface area contributed by atoms with E-state index in [-0.39, 0.29) is 141 Å². The fourth-order valence-corrected chi connectivity index (χ4v) is 10.2. The number of nitrogens with two attached hydrogens (primary N) is 4. The zero-order chi connectivity index (χ0) is 55.5. The average molecular weight is 1120 g/mol. The van der Waals surface area contributed by atoms with E-state index in [0.29, 0.717) is 0 Å². The van der Waals surface area contributed by atoms with E-state index < -0.39 is 55.6 Å². The number of carboxylic acid groups (broad SMARTS) is 2. The van der Waals surface area contributed by atoms with E-state index in [2.05, 4.69) is 51.2 Å². The van der Waals surface area contributed by atoms with Crippen molar-refractivity contribution in [1.29, 1.82) is 0 Å². The molecule has 0 spiro atoms. The SMILES string of the molecule is NC(=O)CCN(CCC(N)=O)S(=O)(=O)c1cccc(Nc2nc(Cl)nc(Nc3ccc(-c4ccc(Nc5nc(Cl)nc(Nc6cccc(S(=O)(=O)N(CCC(N)=O)CCC(N)=O)c6)n5)cc4C(=O)O)c(C(=O)O)c3)n2)c1. The first-order valence-electron chi connectivity index (χ1n) is 21.9. The minimum absolute atomic E-state index is 0.0153. The molecule has 28 nitrogen and oxygen atoms in total. The summed E-state index contributed by atoms with van der Waals surface area (Å²) in [6.07, 6.45) is -1.29. The van der Waals surface area contributed by atoms with Gasteiger partial charge in [-0.05, 0) is 95.0 Å². The van der Waals surface area contributed by atoms with Crippen LogP contribution in [-0.2, 0) is 39.2 Å². The van der Waals surface area contributed by atoms with Crippen molar-refractivity contribution in [3.05, 3.63) is 107 Å². The summed E-state index contributed by atoms with van der Waals surface area (Å²) in [5.74, 6) is -6.70. The van der Waals surface area contributed by atoms with Gasteiger partial charge in [-0.1, -0.05) is 24.3 Å². The molecule has 398 valence electrons. The Hall–Kier alpha value is -8.68. The highest BCUT2D eigenvalue weighted by Gasteiger charge is 2.28. The Morgan fingerprint density at radius 1 is 0.447 bits per heavy atom. The van der Waals surface area contributed by atoms with Gasteiger partial charge in [0, 0.05) is 74.6 Å². The second-order valence-electron chi connectivity index (χ2n) is 15.9. The highest BCUT2D eigenvalue weighted by molar-refractivity contribution is 7.89. The Kier molecular flexibility index (Phi) is 18.3. The number of benzene rings is 4. The molecule has 2 aromatic heterocycles. The molecule has 0 radical (unpaired) electrons. The van der Waals surface area contributed by atoms with E-state index in [1.54, 1.807) is 0 Å². The second-order valence-corrected chi connectivity index (χ2v) is 20.4. The molecule has 76 heavy (non-hydrogen) atoms. The van der Waals surface area contributed by atoms with Crippen molar-refractivity contribution in [1.82, 2.24) is 38.5 Å². The maximum Gasteiger partial charge on any atom is 0.336 e. The molecule has 0 aliphatic heterocycles. The molecule has 6 aromatic rings. The molecule has 0 fully saturated rings. The molecule has 4 amide bonds. The standard InChI is InChI=1S/C44H44Cl2N16O12S2/c45-39-55-41(51-23-3-1-5-27(19-23)75(71,72)61(15-11-33(47)63)16-12-34(48)64)59-43(57-39)53-25-7-9-29(31(21-25)37(67)68)30-10-8-26(22-32(30)38(69)70)54-44-58-40(46)56-42(60-44)52-24-4-2-6-28(20-24)76(73,74)62(17-13-35(49)65)18-14-36(50)66/h1-10,19-22H,11-18H2,(H2,47,63)(H2,48,64)(H2,49,65)(H2,50,66)(H,67,68)(H,69,70)(H2,51,53,55,57,59)(H2,52,54,56,58,60). The smallest absolute Gasteiger partial charge is 0.336 e. The van der Waals surface area contributed by atoms with E-state index in [1.165, 1.54) is 84.9 Å². The molecule has 0 unspecified atom stereocenters. The fourth-order valence-electron chi connectivity index (χ4n) is 6.92. The maximum absolute atomic E-state index is 13.6. The van der Waals surface area contributed by atoms with Gasteiger partial charge in [0.05, 0.1) is 20.9 Å². The number of aromatic carboxylic acids is 2. The quantitative estimate of drug-likeness (QED) is 0.0354. The first-order chi connectivity index (χ1) is 35.9. The number of nitrogens with one attached hydrogen (secondary N) is 4. The van der Waals surface area contributed by atoms with Gasteiger partial charge in [-0.3, -0.25) is 19.2 Å². The van der Waals surface area contributed by atoms with Crippen molar-refractivity contribution in [2.45, 2.75) is 35.5 Å². The number of rotatable bonds is 27. The minimum Gasteiger partial charge on any atom is -0.478 e. The number of carboxylic acids is 2. The molecule has 2 heterocycles. The van der Waals surface area contributed by atoms with Crippen LogP contribution in [0.2, 0.25) is 10.6 Å². The zero-order valence-electron chi connectivity index (χ0n) is 39.2. The van der Waals surface area contributed by atoms with Crippen LogP contribution in [-0.4, -0.2) is 127 Å². The van der Waals surface area contributed by atoms with Crippen LogP contribution in [0.15, 0.2) is 94.7 Å². The molecule has 4 aromatic carbocycles. The molecule has 0 saturated carbocycles. The third-order valence-corrected chi connectivity index (χ3v) is 14.5. The van der Waals surface area contributed by atoms with Gasteiger partial charge < -0.3 is 54.4 Å². The van der Waals surface area contributed by atoms with E-state index in [9.17, 15) is 55.8 Å². The Morgan fingerprint density at radius 3 is 1.01 bits per heavy atom. The summed E-state index contributed by atoms with van der Waals surface area (Å²) in [6.45, 7) is -1.26. The third kappa shape index (κ3) is 15.2. The molecule has 6 rings (SSSR count). The van der Waals surface area contributed by atoms with Crippen molar-refractivity contribution in [2.75, 3.05) is 47.4 Å². The third-order valence-electron chi connectivity index (χ3n) is 10.4. The number of anilines is 8. The number of halogens is 2. The topological polar surface area (TPSA) is 447 Å². The molecule has 0 bridgehead atoms. The van der Waals surface area contributed by atoms with Gasteiger partial charge in [-0.25, -0.2) is 26.4 Å². The molecule has 14 N–H and O–H groups in total. The lowest BCUT2D eigenvalue weighted by atomic mass is 9.94. The summed E-state index contributed by atoms with van der Waals surface area (Å²) in [7, 11) is -8.57. The van der Waals surface area contributed by atoms with Crippen molar-refractivity contribution in [3.8, 4) is 11.1 Å². The van der Waals surface area contributed by atoms with Gasteiger partial charge in [-0.2, -0.15) is 38.5 Å². The summed E-state index contributed by atoms with van der Waals surface area (Å²) in [6, 6.07) is 18.7. The Balaban J connectivity index is 1.20. The predicted molar refractivity (Wildman–Crippen MR) is 274 cm³/mol. The largest absolute Gasteiger partial charge is 0.478 e. The van der Waals surface area contributed by atoms with Gasteiger partial charge in [0.15, 0.2) is 0 Å². The molecule has 0 saturated heterocycles. The minimum atomic E-state index is -4.29. The van der Waals surface area contributed by atoms with Crippen molar-refractivity contribution in [3.63, 3.8) is 0 Å². The van der Waals surface area contributed by atoms with Gasteiger partial charge in [0.25, 0.3) is 0 Å². The summed E-state index contributed by atoms with van der Waals surface area (Å²) in [4.78, 5) is 95.4. The lowest BCUT2D eigenvalue weighted by molar-refractivity contribution is -0.119. The number of carbonyl (C=O) groups excluding carboxylic acids is 4. The zero-order valence-corrected chi connectivity index (χ0v) is 42.3. The van der Waals surface area contributed by atoms with Gasteiger partial charge in [-0.15, -0.1) is 0 Å². The van der Waals surface area contributed by atoms with Crippen LogP contribution in [0.25, 0.3) is 11.1 Å². The summed E-state index contributed by atoms with van der Waals surface area (Å²) >= 11 is 12.4. The van der Waals surface area contributed by atoms with Gasteiger partial charge in [0.2, 0.25) is 78.0 Å². The first kappa shape index (κ1) is 56.6. The maximum atomic E-state index is 13.6. The highest BCUT2D eigenvalue weighted by atomic mass is 35.5. The predicted octanol–water partition coefficient (Wildman–Crippen LogP) is 2.88. The van der Waals surface area contributed by atoms with E-state index >= 15 is 0 Å². The number of amides is 4. The number of sulfonamides is 2. The molecule has 0 atom stereocenters. The molecule has 0 aliphatic rings. The van der Waals surface area contributed by atoms with Crippen LogP contribution in [0.1, 0.15) is 46.4 Å². The number of primary amides is 4. The van der Waals surface area contributed by atoms with Crippen LogP contribution in [0.5, 0.6) is 0 Å². The summed E-state index contributed by atoms with van der Waals surface area (Å²) in [5, 5.41) is 31.3. The van der Waals surface area contributed by atoms with E-state index in [1.807, 2.05) is 0 Å². The van der Waals surface area contributed by atoms with Crippen LogP contribution < -0.4 is 44.2 Å². The monoisotopic (exact) mass is 1120 g/mol. The lowest BCUT2D eigenvalue weighted by Gasteiger charge is -2.21. The van der Waals surface area contributed by atoms with Crippen molar-refractivity contribution in [2.24, 2.45) is 22.9 Å². The fraction of sp³-hybridized carbons (Fsp3) is 0.182. The molecule has 32 heteroatoms. The Morgan fingerprint density at radius 2 is 0.737 bits per heavy atom. The van der Waals surface area contributed by atoms with E-state index in [4.69, 9.17) is 46.1 Å². The number of hydrogen-bond acceptors (Lipinski definition) is 20. The first-order valence-corrected chi connectivity index (χ1v) is 25.5. The molecular weight excluding hydrogens is 1080 g/mol.